The lowest BCUT2D eigenvalue weighted by Gasteiger charge is -2.18. The van der Waals surface area contributed by atoms with Crippen molar-refractivity contribution in [3.63, 3.8) is 0 Å². The number of benzene rings is 8. The van der Waals surface area contributed by atoms with E-state index in [1.807, 2.05) is 12.3 Å². The van der Waals surface area contributed by atoms with Gasteiger partial charge >= 0.3 is 0 Å². The van der Waals surface area contributed by atoms with E-state index in [1.165, 1.54) is 76.8 Å². The quantitative estimate of drug-likeness (QED) is 0.184. The third-order valence-corrected chi connectivity index (χ3v) is 9.69. The molecule has 1 nitrogen and oxygen atoms in total. The van der Waals surface area contributed by atoms with Gasteiger partial charge in [-0.2, -0.15) is 0 Å². The Morgan fingerprint density at radius 1 is 0.362 bits per heavy atom. The molecule has 0 aliphatic carbocycles. The normalized spacial score (nSPS) is 11.5. The molecule has 47 heavy (non-hydrogen) atoms. The van der Waals surface area contributed by atoms with Crippen LogP contribution in [-0.2, 0) is 0 Å². The fourth-order valence-corrected chi connectivity index (χ4v) is 7.36. The van der Waals surface area contributed by atoms with Gasteiger partial charge in [0.1, 0.15) is 0 Å². The van der Waals surface area contributed by atoms with Crippen LogP contribution >= 0.6 is 0 Å². The number of fused-ring (bicyclic) bond motifs is 5. The molecule has 220 valence electrons. The maximum Gasteiger partial charge on any atom is 0.0702 e. The van der Waals surface area contributed by atoms with E-state index in [-0.39, 0.29) is 0 Å². The van der Waals surface area contributed by atoms with Gasteiger partial charge in [-0.1, -0.05) is 140 Å². The highest BCUT2D eigenvalue weighted by Crippen LogP contribution is 2.43. The first-order valence-corrected chi connectivity index (χ1v) is 16.2. The molecule has 9 rings (SSSR count). The summed E-state index contributed by atoms with van der Waals surface area (Å²) in [5, 5.41) is 8.76. The molecule has 9 aromatic rings. The summed E-state index contributed by atoms with van der Waals surface area (Å²) in [5.41, 5.74) is 12.1. The van der Waals surface area contributed by atoms with E-state index >= 15 is 0 Å². The topological polar surface area (TPSA) is 12.9 Å². The van der Waals surface area contributed by atoms with Crippen LogP contribution in [0.3, 0.4) is 0 Å². The van der Waals surface area contributed by atoms with Gasteiger partial charge in [0, 0.05) is 17.1 Å². The maximum atomic E-state index is 4.77. The Hall–Kier alpha value is -6.05. The van der Waals surface area contributed by atoms with Crippen molar-refractivity contribution in [2.75, 3.05) is 0 Å². The summed E-state index contributed by atoms with van der Waals surface area (Å²) >= 11 is 0. The second-order valence-electron chi connectivity index (χ2n) is 12.4. The van der Waals surface area contributed by atoms with E-state index in [4.69, 9.17) is 4.98 Å². The van der Waals surface area contributed by atoms with Crippen LogP contribution in [0.1, 0.15) is 5.56 Å². The van der Waals surface area contributed by atoms with Crippen LogP contribution in [0.25, 0.3) is 87.7 Å². The Bertz CT molecular complexity index is 2630. The molecule has 1 heteroatoms. The van der Waals surface area contributed by atoms with Crippen molar-refractivity contribution in [1.29, 1.82) is 0 Å². The van der Waals surface area contributed by atoms with E-state index in [2.05, 4.69) is 165 Å². The highest BCUT2D eigenvalue weighted by atomic mass is 14.6. The summed E-state index contributed by atoms with van der Waals surface area (Å²) < 4.78 is 0. The second kappa shape index (κ2) is 11.1. The number of aromatic nitrogens is 1. The van der Waals surface area contributed by atoms with Crippen LogP contribution in [0.2, 0.25) is 0 Å². The Balaban J connectivity index is 1.26. The molecule has 1 heterocycles. The lowest BCUT2D eigenvalue weighted by molar-refractivity contribution is 1.41. The van der Waals surface area contributed by atoms with E-state index in [9.17, 15) is 0 Å². The van der Waals surface area contributed by atoms with Gasteiger partial charge in [-0.25, -0.2) is 0 Å². The zero-order valence-electron chi connectivity index (χ0n) is 26.1. The molecule has 0 atom stereocenters. The minimum Gasteiger partial charge on any atom is -0.256 e. The van der Waals surface area contributed by atoms with Crippen LogP contribution in [0.4, 0.5) is 0 Å². The number of hydrogen-bond donors (Lipinski definition) is 0. The van der Waals surface area contributed by atoms with Crippen molar-refractivity contribution < 1.29 is 0 Å². The van der Waals surface area contributed by atoms with E-state index < -0.39 is 0 Å². The monoisotopic (exact) mass is 597 g/mol. The number of hydrogen-bond acceptors (Lipinski definition) is 1. The summed E-state index contributed by atoms with van der Waals surface area (Å²) in [4.78, 5) is 4.77. The number of nitrogens with zero attached hydrogens (tertiary/aromatic N) is 1. The molecule has 0 N–H and O–H groups in total. The molecule has 0 radical (unpaired) electrons. The molecule has 0 bridgehead atoms. The molecule has 0 saturated heterocycles. The summed E-state index contributed by atoms with van der Waals surface area (Å²) in [6.45, 7) is 2.26. The Labute approximate surface area is 274 Å². The third-order valence-electron chi connectivity index (χ3n) is 9.69. The molecule has 0 fully saturated rings. The first-order chi connectivity index (χ1) is 23.2. The molecule has 0 aliphatic heterocycles. The van der Waals surface area contributed by atoms with E-state index in [0.29, 0.717) is 0 Å². The molecular formula is C46H31N. The summed E-state index contributed by atoms with van der Waals surface area (Å²) in [5.74, 6) is 0. The first kappa shape index (κ1) is 27.3. The van der Waals surface area contributed by atoms with Gasteiger partial charge in [0.05, 0.1) is 5.52 Å². The molecule has 0 aliphatic rings. The zero-order valence-corrected chi connectivity index (χ0v) is 26.1. The average Bonchev–Trinajstić information content (AvgIpc) is 3.14. The van der Waals surface area contributed by atoms with Gasteiger partial charge in [-0.3, -0.25) is 4.98 Å². The highest BCUT2D eigenvalue weighted by Gasteiger charge is 2.16. The lowest BCUT2D eigenvalue weighted by Crippen LogP contribution is -1.92. The Kier molecular flexibility index (Phi) is 6.43. The van der Waals surface area contributed by atoms with Crippen molar-refractivity contribution in [1.82, 2.24) is 4.98 Å². The summed E-state index contributed by atoms with van der Waals surface area (Å²) in [6, 6.07) is 59.5. The minimum atomic E-state index is 1.01. The average molecular weight is 598 g/mol. The number of para-hydroxylation sites is 1. The smallest absolute Gasteiger partial charge is 0.0702 e. The van der Waals surface area contributed by atoms with Gasteiger partial charge in [0.15, 0.2) is 0 Å². The van der Waals surface area contributed by atoms with Crippen LogP contribution in [0.5, 0.6) is 0 Å². The fourth-order valence-electron chi connectivity index (χ4n) is 7.36. The largest absolute Gasteiger partial charge is 0.256 e. The van der Waals surface area contributed by atoms with Crippen molar-refractivity contribution in [2.45, 2.75) is 6.92 Å². The molecule has 0 unspecified atom stereocenters. The van der Waals surface area contributed by atoms with Crippen molar-refractivity contribution in [3.8, 4) is 44.5 Å². The van der Waals surface area contributed by atoms with Gasteiger partial charge in [-0.15, -0.1) is 0 Å². The van der Waals surface area contributed by atoms with Crippen LogP contribution < -0.4 is 0 Å². The Morgan fingerprint density at radius 3 is 1.77 bits per heavy atom. The maximum absolute atomic E-state index is 4.77. The summed E-state index contributed by atoms with van der Waals surface area (Å²) in [7, 11) is 0. The predicted molar refractivity (Wildman–Crippen MR) is 201 cm³/mol. The van der Waals surface area contributed by atoms with Gasteiger partial charge < -0.3 is 0 Å². The van der Waals surface area contributed by atoms with Crippen LogP contribution in [-0.4, -0.2) is 4.98 Å². The first-order valence-electron chi connectivity index (χ1n) is 16.2. The molecule has 1 aromatic heterocycles. The van der Waals surface area contributed by atoms with Crippen molar-refractivity contribution >= 4 is 43.2 Å². The third kappa shape index (κ3) is 4.59. The Morgan fingerprint density at radius 2 is 0.979 bits per heavy atom. The highest BCUT2D eigenvalue weighted by molar-refractivity contribution is 6.17. The van der Waals surface area contributed by atoms with Gasteiger partial charge in [0.25, 0.3) is 0 Å². The zero-order chi connectivity index (χ0) is 31.3. The predicted octanol–water partition coefficient (Wildman–Crippen LogP) is 12.7. The molecular weight excluding hydrogens is 567 g/mol. The molecule has 0 amide bonds. The fraction of sp³-hybridized carbons (Fsp3) is 0.0217. The minimum absolute atomic E-state index is 1.01. The van der Waals surface area contributed by atoms with Gasteiger partial charge in [-0.05, 0) is 108 Å². The number of aryl methyl sites for hydroxylation is 1. The lowest BCUT2D eigenvalue weighted by atomic mass is 9.85. The van der Waals surface area contributed by atoms with E-state index in [0.717, 1.165) is 16.5 Å². The standard InChI is InChI=1S/C46H31N/c1-30-37-23-22-32-14-5-7-18-40(32)46(37)44(28-43(30)31-12-3-2-4-13-31)34-17-11-16-33(26-34)38-24-25-39(42-20-9-8-19-41(38)42)36-27-35-15-6-10-21-45(35)47-29-36/h2-29H,1H3. The van der Waals surface area contributed by atoms with Crippen LogP contribution in [0, 0.1) is 6.92 Å². The summed E-state index contributed by atoms with van der Waals surface area (Å²) in [6.07, 6.45) is 2.00. The SMILES string of the molecule is Cc1c(-c2ccccc2)cc(-c2cccc(-c3ccc(-c4cnc5ccccc5c4)c4ccccc34)c2)c2c1ccc1ccccc12. The molecule has 8 aromatic carbocycles. The van der Waals surface area contributed by atoms with Crippen LogP contribution in [0.15, 0.2) is 170 Å². The second-order valence-corrected chi connectivity index (χ2v) is 12.4. The number of rotatable bonds is 4. The van der Waals surface area contributed by atoms with Gasteiger partial charge in [0.2, 0.25) is 0 Å². The van der Waals surface area contributed by atoms with E-state index in [1.54, 1.807) is 0 Å². The molecule has 0 saturated carbocycles. The van der Waals surface area contributed by atoms with Crippen molar-refractivity contribution in [2.24, 2.45) is 0 Å². The van der Waals surface area contributed by atoms with Crippen molar-refractivity contribution in [3.05, 3.63) is 176 Å². The molecule has 0 spiro atoms. The number of pyridine rings is 1.